The van der Waals surface area contributed by atoms with Gasteiger partial charge in [0.2, 0.25) is 0 Å². The second kappa shape index (κ2) is 7.44. The standard InChI is InChI=1S/C19H20O6/c1-21-11-25-16-9-18(23-3)17(22-2)8-13(16)14-10-24-15-7-5-4-6-12(15)19(14)20/h4-9,14H,10-11H2,1-3H3. The highest BCUT2D eigenvalue weighted by molar-refractivity contribution is 6.04. The molecule has 0 bridgehead atoms. The van der Waals surface area contributed by atoms with Crippen molar-refractivity contribution < 1.29 is 28.5 Å². The van der Waals surface area contributed by atoms with Crippen LogP contribution in [-0.4, -0.2) is 40.5 Å². The summed E-state index contributed by atoms with van der Waals surface area (Å²) in [6, 6.07) is 10.7. The molecule has 1 aliphatic rings. The van der Waals surface area contributed by atoms with Gasteiger partial charge in [0.15, 0.2) is 24.1 Å². The maximum Gasteiger partial charge on any atom is 0.188 e. The molecule has 1 unspecified atom stereocenters. The molecule has 25 heavy (non-hydrogen) atoms. The monoisotopic (exact) mass is 344 g/mol. The predicted molar refractivity (Wildman–Crippen MR) is 91.1 cm³/mol. The lowest BCUT2D eigenvalue weighted by Crippen LogP contribution is -2.26. The summed E-state index contributed by atoms with van der Waals surface area (Å²) >= 11 is 0. The van der Waals surface area contributed by atoms with Crippen LogP contribution < -0.4 is 18.9 Å². The van der Waals surface area contributed by atoms with E-state index in [0.29, 0.717) is 34.1 Å². The van der Waals surface area contributed by atoms with Crippen LogP contribution in [0.5, 0.6) is 23.0 Å². The van der Waals surface area contributed by atoms with Gasteiger partial charge in [-0.25, -0.2) is 0 Å². The summed E-state index contributed by atoms with van der Waals surface area (Å²) in [7, 11) is 4.63. The van der Waals surface area contributed by atoms with E-state index in [4.69, 9.17) is 23.7 Å². The molecular weight excluding hydrogens is 324 g/mol. The Labute approximate surface area is 146 Å². The van der Waals surface area contributed by atoms with Gasteiger partial charge in [0.25, 0.3) is 0 Å². The molecule has 1 heterocycles. The Kier molecular flexibility index (Phi) is 5.09. The Morgan fingerprint density at radius 1 is 1.04 bits per heavy atom. The van der Waals surface area contributed by atoms with Gasteiger partial charge in [-0.15, -0.1) is 0 Å². The van der Waals surface area contributed by atoms with Crippen molar-refractivity contribution >= 4 is 5.78 Å². The molecule has 6 nitrogen and oxygen atoms in total. The van der Waals surface area contributed by atoms with Gasteiger partial charge in [0.05, 0.1) is 25.7 Å². The van der Waals surface area contributed by atoms with Crippen molar-refractivity contribution in [2.45, 2.75) is 5.92 Å². The van der Waals surface area contributed by atoms with Gasteiger partial charge in [-0.3, -0.25) is 4.79 Å². The summed E-state index contributed by atoms with van der Waals surface area (Å²) in [6.45, 7) is 0.287. The molecule has 0 aromatic heterocycles. The number of ether oxygens (including phenoxy) is 5. The summed E-state index contributed by atoms with van der Waals surface area (Å²) < 4.78 is 27.1. The average molecular weight is 344 g/mol. The number of hydrogen-bond acceptors (Lipinski definition) is 6. The van der Waals surface area contributed by atoms with Crippen molar-refractivity contribution in [2.75, 3.05) is 34.7 Å². The summed E-state index contributed by atoms with van der Waals surface area (Å²) in [4.78, 5) is 13.0. The first-order valence-electron chi connectivity index (χ1n) is 7.83. The third-order valence-corrected chi connectivity index (χ3v) is 4.10. The Balaban J connectivity index is 2.04. The van der Waals surface area contributed by atoms with Crippen LogP contribution in [0.1, 0.15) is 21.8 Å². The summed E-state index contributed by atoms with van der Waals surface area (Å²) in [5.41, 5.74) is 1.24. The number of para-hydroxylation sites is 1. The first-order valence-corrected chi connectivity index (χ1v) is 7.83. The number of fused-ring (bicyclic) bond motifs is 1. The van der Waals surface area contributed by atoms with E-state index in [2.05, 4.69) is 0 Å². The zero-order valence-corrected chi connectivity index (χ0v) is 14.4. The molecule has 6 heteroatoms. The molecule has 2 aromatic carbocycles. The Hall–Kier alpha value is -2.73. The largest absolute Gasteiger partial charge is 0.493 e. The molecular formula is C19H20O6. The molecule has 3 rings (SSSR count). The number of Topliss-reactive ketones (excluding diaryl/α,β-unsaturated/α-hetero) is 1. The van der Waals surface area contributed by atoms with Crippen LogP contribution in [0.4, 0.5) is 0 Å². The van der Waals surface area contributed by atoms with E-state index in [1.54, 1.807) is 38.5 Å². The highest BCUT2D eigenvalue weighted by Crippen LogP contribution is 2.41. The van der Waals surface area contributed by atoms with Crippen LogP contribution in [0.25, 0.3) is 0 Å². The van der Waals surface area contributed by atoms with Crippen LogP contribution in [0, 0.1) is 0 Å². The number of methoxy groups -OCH3 is 3. The van der Waals surface area contributed by atoms with Crippen molar-refractivity contribution in [1.82, 2.24) is 0 Å². The van der Waals surface area contributed by atoms with E-state index in [0.717, 1.165) is 0 Å². The third kappa shape index (κ3) is 3.25. The average Bonchev–Trinajstić information content (AvgIpc) is 2.66. The van der Waals surface area contributed by atoms with Gasteiger partial charge >= 0.3 is 0 Å². The third-order valence-electron chi connectivity index (χ3n) is 4.10. The molecule has 0 fully saturated rings. The summed E-state index contributed by atoms with van der Waals surface area (Å²) in [5.74, 6) is 1.62. The van der Waals surface area contributed by atoms with E-state index in [-0.39, 0.29) is 19.2 Å². The molecule has 0 aliphatic carbocycles. The lowest BCUT2D eigenvalue weighted by Gasteiger charge is -2.26. The zero-order valence-electron chi connectivity index (χ0n) is 14.4. The van der Waals surface area contributed by atoms with Crippen LogP contribution in [0.15, 0.2) is 36.4 Å². The fourth-order valence-electron chi connectivity index (χ4n) is 2.86. The van der Waals surface area contributed by atoms with Crippen LogP contribution in [0.2, 0.25) is 0 Å². The molecule has 132 valence electrons. The fraction of sp³-hybridized carbons (Fsp3) is 0.316. The lowest BCUT2D eigenvalue weighted by atomic mass is 9.88. The minimum atomic E-state index is -0.499. The van der Waals surface area contributed by atoms with E-state index < -0.39 is 5.92 Å². The second-order valence-electron chi connectivity index (χ2n) is 5.52. The Morgan fingerprint density at radius 2 is 1.76 bits per heavy atom. The first-order chi connectivity index (χ1) is 12.2. The number of carbonyl (C=O) groups is 1. The SMILES string of the molecule is COCOc1cc(OC)c(OC)cc1C1COc2ccccc2C1=O. The van der Waals surface area contributed by atoms with Gasteiger partial charge in [-0.05, 0) is 18.2 Å². The molecule has 2 aromatic rings. The predicted octanol–water partition coefficient (Wildman–Crippen LogP) is 3.05. The van der Waals surface area contributed by atoms with Gasteiger partial charge < -0.3 is 23.7 Å². The number of carbonyl (C=O) groups excluding carboxylic acids is 1. The quantitative estimate of drug-likeness (QED) is 0.751. The highest BCUT2D eigenvalue weighted by Gasteiger charge is 2.33. The van der Waals surface area contributed by atoms with Gasteiger partial charge in [0.1, 0.15) is 18.1 Å². The Bertz CT molecular complexity index is 771. The van der Waals surface area contributed by atoms with Crippen LogP contribution in [0.3, 0.4) is 0 Å². The Morgan fingerprint density at radius 3 is 2.48 bits per heavy atom. The van der Waals surface area contributed by atoms with Crippen molar-refractivity contribution in [2.24, 2.45) is 0 Å². The number of benzene rings is 2. The minimum absolute atomic E-state index is 0.0173. The molecule has 0 radical (unpaired) electrons. The van der Waals surface area contributed by atoms with E-state index in [9.17, 15) is 4.79 Å². The number of rotatable bonds is 6. The zero-order chi connectivity index (χ0) is 17.8. The maximum atomic E-state index is 13.0. The summed E-state index contributed by atoms with van der Waals surface area (Å²) in [6.07, 6.45) is 0. The number of ketones is 1. The molecule has 0 saturated carbocycles. The molecule has 0 N–H and O–H groups in total. The van der Waals surface area contributed by atoms with E-state index in [1.165, 1.54) is 7.11 Å². The summed E-state index contributed by atoms with van der Waals surface area (Å²) in [5, 5.41) is 0. The van der Waals surface area contributed by atoms with E-state index in [1.807, 2.05) is 12.1 Å². The van der Waals surface area contributed by atoms with Crippen molar-refractivity contribution in [3.8, 4) is 23.0 Å². The van der Waals surface area contributed by atoms with Crippen molar-refractivity contribution in [3.63, 3.8) is 0 Å². The maximum absolute atomic E-state index is 13.0. The van der Waals surface area contributed by atoms with Gasteiger partial charge in [-0.2, -0.15) is 0 Å². The van der Waals surface area contributed by atoms with Crippen molar-refractivity contribution in [1.29, 1.82) is 0 Å². The van der Waals surface area contributed by atoms with Crippen LogP contribution in [-0.2, 0) is 4.74 Å². The van der Waals surface area contributed by atoms with Crippen LogP contribution >= 0.6 is 0 Å². The van der Waals surface area contributed by atoms with E-state index >= 15 is 0 Å². The molecule has 0 saturated heterocycles. The molecule has 0 spiro atoms. The topological polar surface area (TPSA) is 63.2 Å². The highest BCUT2D eigenvalue weighted by atomic mass is 16.7. The minimum Gasteiger partial charge on any atom is -0.493 e. The first kappa shape index (κ1) is 17.1. The normalized spacial score (nSPS) is 16.0. The second-order valence-corrected chi connectivity index (χ2v) is 5.52. The fourth-order valence-corrected chi connectivity index (χ4v) is 2.86. The van der Waals surface area contributed by atoms with Gasteiger partial charge in [0, 0.05) is 18.7 Å². The molecule has 0 amide bonds. The van der Waals surface area contributed by atoms with Crippen molar-refractivity contribution in [3.05, 3.63) is 47.5 Å². The number of hydrogen-bond donors (Lipinski definition) is 0. The molecule has 1 aliphatic heterocycles. The van der Waals surface area contributed by atoms with Gasteiger partial charge in [-0.1, -0.05) is 12.1 Å². The lowest BCUT2D eigenvalue weighted by molar-refractivity contribution is 0.0493. The molecule has 1 atom stereocenters. The smallest absolute Gasteiger partial charge is 0.188 e.